The van der Waals surface area contributed by atoms with Gasteiger partial charge in [-0.2, -0.15) is 0 Å². The molecule has 2 rings (SSSR count). The first-order valence-electron chi connectivity index (χ1n) is 7.07. The van der Waals surface area contributed by atoms with E-state index in [0.717, 1.165) is 13.0 Å². The van der Waals surface area contributed by atoms with E-state index in [1.807, 2.05) is 0 Å². The molecule has 1 aliphatic carbocycles. The summed E-state index contributed by atoms with van der Waals surface area (Å²) in [7, 11) is 0. The van der Waals surface area contributed by atoms with Crippen molar-refractivity contribution in [2.75, 3.05) is 12.4 Å². The van der Waals surface area contributed by atoms with Gasteiger partial charge in [0.05, 0.1) is 0 Å². The van der Waals surface area contributed by atoms with Crippen molar-refractivity contribution in [2.45, 2.75) is 51.0 Å². The van der Waals surface area contributed by atoms with Crippen molar-refractivity contribution in [1.82, 2.24) is 5.32 Å². The smallest absolute Gasteiger partial charge is 0.0403 e. The van der Waals surface area contributed by atoms with Crippen molar-refractivity contribution in [3.63, 3.8) is 0 Å². The van der Waals surface area contributed by atoms with E-state index in [1.165, 1.54) is 19.3 Å². The zero-order valence-electron chi connectivity index (χ0n) is 11.5. The number of alkyl halides is 1. The molecule has 1 nitrogen and oxygen atoms in total. The van der Waals surface area contributed by atoms with Crippen LogP contribution in [-0.4, -0.2) is 18.0 Å². The molecule has 2 heteroatoms. The zero-order chi connectivity index (χ0) is 13.0. The Bertz CT molecular complexity index is 384. The summed E-state index contributed by atoms with van der Waals surface area (Å²) in [6.45, 7) is 5.47. The molecular weight excluding hydrogens is 242 g/mol. The van der Waals surface area contributed by atoms with Crippen molar-refractivity contribution < 1.29 is 0 Å². The van der Waals surface area contributed by atoms with Crippen LogP contribution in [0.1, 0.15) is 50.2 Å². The first-order valence-corrected chi connectivity index (χ1v) is 7.61. The molecule has 0 aliphatic heterocycles. The number of aryl methyl sites for hydroxylation is 1. The summed E-state index contributed by atoms with van der Waals surface area (Å²) in [6.07, 6.45) is 4.93. The van der Waals surface area contributed by atoms with Gasteiger partial charge in [0, 0.05) is 18.0 Å². The van der Waals surface area contributed by atoms with E-state index in [9.17, 15) is 0 Å². The van der Waals surface area contributed by atoms with Crippen LogP contribution in [0, 0.1) is 0 Å². The average molecular weight is 266 g/mol. The lowest BCUT2D eigenvalue weighted by atomic mass is 9.82. The third-order valence-corrected chi connectivity index (χ3v) is 4.93. The molecule has 0 aromatic heterocycles. The van der Waals surface area contributed by atoms with Crippen molar-refractivity contribution >= 4 is 11.6 Å². The Kier molecular flexibility index (Phi) is 4.69. The quantitative estimate of drug-likeness (QED) is 0.791. The molecule has 18 heavy (non-hydrogen) atoms. The minimum Gasteiger partial charge on any atom is -0.310 e. The minimum atomic E-state index is 0.0773. The van der Waals surface area contributed by atoms with E-state index in [-0.39, 0.29) is 5.54 Å². The Morgan fingerprint density at radius 1 is 1.39 bits per heavy atom. The molecule has 100 valence electrons. The summed E-state index contributed by atoms with van der Waals surface area (Å²) in [5, 5.41) is 3.67. The van der Waals surface area contributed by atoms with E-state index in [2.05, 4.69) is 43.4 Å². The van der Waals surface area contributed by atoms with Crippen molar-refractivity contribution in [2.24, 2.45) is 0 Å². The van der Waals surface area contributed by atoms with Gasteiger partial charge in [0.2, 0.25) is 0 Å². The molecule has 0 saturated heterocycles. The third kappa shape index (κ3) is 3.07. The Hall–Kier alpha value is -0.530. The van der Waals surface area contributed by atoms with Gasteiger partial charge in [-0.25, -0.2) is 0 Å². The summed E-state index contributed by atoms with van der Waals surface area (Å²) in [5.41, 5.74) is 3.16. The van der Waals surface area contributed by atoms with Crippen LogP contribution >= 0.6 is 11.6 Å². The lowest BCUT2D eigenvalue weighted by Gasteiger charge is -2.32. The van der Waals surface area contributed by atoms with Crippen molar-refractivity contribution in [3.8, 4) is 0 Å². The molecule has 0 bridgehead atoms. The van der Waals surface area contributed by atoms with Crippen LogP contribution in [0.3, 0.4) is 0 Å². The predicted molar refractivity (Wildman–Crippen MR) is 79.5 cm³/mol. The molecule has 0 saturated carbocycles. The van der Waals surface area contributed by atoms with Gasteiger partial charge in [0.25, 0.3) is 0 Å². The second-order valence-corrected chi connectivity index (χ2v) is 5.98. The van der Waals surface area contributed by atoms with Gasteiger partial charge in [0.1, 0.15) is 0 Å². The molecule has 0 radical (unpaired) electrons. The molecule has 2 atom stereocenters. The number of halogens is 1. The van der Waals surface area contributed by atoms with Crippen LogP contribution in [0.5, 0.6) is 0 Å². The predicted octanol–water partition coefficient (Wildman–Crippen LogP) is 4.10. The lowest BCUT2D eigenvalue weighted by molar-refractivity contribution is 0.357. The van der Waals surface area contributed by atoms with E-state index in [1.54, 1.807) is 11.1 Å². The Morgan fingerprint density at radius 3 is 2.89 bits per heavy atom. The highest BCUT2D eigenvalue weighted by molar-refractivity contribution is 6.18. The number of rotatable bonds is 5. The van der Waals surface area contributed by atoms with Crippen LogP contribution in [0.25, 0.3) is 0 Å². The summed E-state index contributed by atoms with van der Waals surface area (Å²) in [5.74, 6) is 1.33. The van der Waals surface area contributed by atoms with Gasteiger partial charge < -0.3 is 5.32 Å². The van der Waals surface area contributed by atoms with Crippen LogP contribution in [-0.2, 0) is 6.42 Å². The fourth-order valence-electron chi connectivity index (χ4n) is 2.70. The monoisotopic (exact) mass is 265 g/mol. The van der Waals surface area contributed by atoms with Crippen LogP contribution < -0.4 is 5.32 Å². The van der Waals surface area contributed by atoms with E-state index in [4.69, 9.17) is 11.6 Å². The molecule has 1 aromatic rings. The number of hydrogen-bond donors (Lipinski definition) is 1. The Morgan fingerprint density at radius 2 is 2.17 bits per heavy atom. The first kappa shape index (κ1) is 13.9. The molecule has 1 aromatic carbocycles. The molecule has 1 N–H and O–H groups in total. The Balaban J connectivity index is 2.03. The lowest BCUT2D eigenvalue weighted by Crippen LogP contribution is -2.45. The molecule has 0 fully saturated rings. The zero-order valence-corrected chi connectivity index (χ0v) is 12.3. The molecule has 2 unspecified atom stereocenters. The van der Waals surface area contributed by atoms with Gasteiger partial charge in [-0.3, -0.25) is 0 Å². The molecule has 0 spiro atoms. The summed E-state index contributed by atoms with van der Waals surface area (Å²) in [4.78, 5) is 0. The highest BCUT2D eigenvalue weighted by Crippen LogP contribution is 2.31. The highest BCUT2D eigenvalue weighted by Gasteiger charge is 2.24. The van der Waals surface area contributed by atoms with Crippen molar-refractivity contribution in [3.05, 3.63) is 35.4 Å². The normalized spacial score (nSPS) is 22.3. The summed E-state index contributed by atoms with van der Waals surface area (Å²) >= 11 is 6.06. The fourth-order valence-corrected chi connectivity index (χ4v) is 2.99. The van der Waals surface area contributed by atoms with Crippen LogP contribution in [0.15, 0.2) is 24.3 Å². The first-order chi connectivity index (χ1) is 8.68. The summed E-state index contributed by atoms with van der Waals surface area (Å²) < 4.78 is 0. The largest absolute Gasteiger partial charge is 0.310 e. The van der Waals surface area contributed by atoms with Gasteiger partial charge in [-0.05, 0) is 49.7 Å². The number of hydrogen-bond acceptors (Lipinski definition) is 1. The maximum atomic E-state index is 6.06. The SMILES string of the molecule is CCC(C)(CCl)NCC1CCCc2ccccc21. The van der Waals surface area contributed by atoms with E-state index >= 15 is 0 Å². The van der Waals surface area contributed by atoms with Gasteiger partial charge in [-0.15, -0.1) is 11.6 Å². The second-order valence-electron chi connectivity index (χ2n) is 5.72. The van der Waals surface area contributed by atoms with Crippen molar-refractivity contribution in [1.29, 1.82) is 0 Å². The molecule has 0 amide bonds. The summed E-state index contributed by atoms with van der Waals surface area (Å²) in [6, 6.07) is 8.90. The highest BCUT2D eigenvalue weighted by atomic mass is 35.5. The van der Waals surface area contributed by atoms with Gasteiger partial charge in [0.15, 0.2) is 0 Å². The van der Waals surface area contributed by atoms with E-state index < -0.39 is 0 Å². The van der Waals surface area contributed by atoms with Crippen LogP contribution in [0.4, 0.5) is 0 Å². The molecular formula is C16H24ClN. The minimum absolute atomic E-state index is 0.0773. The number of fused-ring (bicyclic) bond motifs is 1. The second kappa shape index (κ2) is 6.08. The molecule has 0 heterocycles. The fraction of sp³-hybridized carbons (Fsp3) is 0.625. The molecule has 1 aliphatic rings. The van der Waals surface area contributed by atoms with Gasteiger partial charge >= 0.3 is 0 Å². The van der Waals surface area contributed by atoms with Gasteiger partial charge in [-0.1, -0.05) is 31.2 Å². The third-order valence-electron chi connectivity index (χ3n) is 4.34. The van der Waals surface area contributed by atoms with Crippen LogP contribution in [0.2, 0.25) is 0 Å². The maximum Gasteiger partial charge on any atom is 0.0403 e. The maximum absolute atomic E-state index is 6.06. The number of benzene rings is 1. The average Bonchev–Trinajstić information content (AvgIpc) is 2.44. The Labute approximate surface area is 116 Å². The topological polar surface area (TPSA) is 12.0 Å². The standard InChI is InChI=1S/C16H24ClN/c1-3-16(2,12-17)18-11-14-9-6-8-13-7-4-5-10-15(13)14/h4-5,7,10,14,18H,3,6,8-9,11-12H2,1-2H3. The van der Waals surface area contributed by atoms with E-state index in [0.29, 0.717) is 11.8 Å². The number of nitrogens with one attached hydrogen (secondary N) is 1.